The first kappa shape index (κ1) is 27.9. The summed E-state index contributed by atoms with van der Waals surface area (Å²) >= 11 is 0. The molecule has 0 saturated carbocycles. The van der Waals surface area contributed by atoms with Crippen LogP contribution in [0.4, 0.5) is 5.69 Å². The first-order valence-corrected chi connectivity index (χ1v) is 14.2. The first-order valence-electron chi connectivity index (χ1n) is 12.4. The molecule has 0 aliphatic heterocycles. The maximum Gasteiger partial charge on any atom is 0.244 e. The Morgan fingerprint density at radius 3 is 2.08 bits per heavy atom. The lowest BCUT2D eigenvalue weighted by atomic mass is 10.0. The molecule has 0 radical (unpaired) electrons. The number of hydrogen-bond acceptors (Lipinski definition) is 4. The summed E-state index contributed by atoms with van der Waals surface area (Å²) in [5.74, 6) is -0.722. The molecule has 3 aromatic rings. The first-order chi connectivity index (χ1) is 17.7. The molecule has 3 rings (SSSR count). The van der Waals surface area contributed by atoms with E-state index >= 15 is 0 Å². The molecule has 8 heteroatoms. The summed E-state index contributed by atoms with van der Waals surface area (Å²) in [7, 11) is -3.77. The van der Waals surface area contributed by atoms with Gasteiger partial charge in [0.05, 0.1) is 11.9 Å². The number of rotatable bonds is 12. The number of anilines is 1. The van der Waals surface area contributed by atoms with Crippen LogP contribution in [0.5, 0.6) is 0 Å². The molecule has 0 aliphatic carbocycles. The predicted molar refractivity (Wildman–Crippen MR) is 148 cm³/mol. The van der Waals surface area contributed by atoms with Crippen LogP contribution >= 0.6 is 0 Å². The normalized spacial score (nSPS) is 12.0. The molecule has 0 aliphatic rings. The second-order valence-corrected chi connectivity index (χ2v) is 11.0. The van der Waals surface area contributed by atoms with Crippen LogP contribution in [0.1, 0.15) is 30.0 Å². The van der Waals surface area contributed by atoms with Crippen molar-refractivity contribution in [2.75, 3.05) is 23.7 Å². The zero-order valence-corrected chi connectivity index (χ0v) is 22.4. The molecule has 0 heterocycles. The highest BCUT2D eigenvalue weighted by Crippen LogP contribution is 2.21. The highest BCUT2D eigenvalue weighted by molar-refractivity contribution is 7.92. The van der Waals surface area contributed by atoms with E-state index in [0.29, 0.717) is 18.7 Å². The number of sulfonamides is 1. The minimum atomic E-state index is -3.77. The smallest absolute Gasteiger partial charge is 0.244 e. The number of amides is 2. The third kappa shape index (κ3) is 8.18. The SMILES string of the molecule is CCCNC(=O)C(Cc1ccccc1)N(Cc1ccccc1)C(=O)CN(c1cccc(C)c1)S(C)(=O)=O. The average molecular weight is 522 g/mol. The summed E-state index contributed by atoms with van der Waals surface area (Å²) in [5.41, 5.74) is 3.04. The second kappa shape index (κ2) is 13.1. The molecule has 2 amide bonds. The number of nitrogens with one attached hydrogen (secondary N) is 1. The van der Waals surface area contributed by atoms with Crippen molar-refractivity contribution in [3.8, 4) is 0 Å². The van der Waals surface area contributed by atoms with Crippen molar-refractivity contribution in [1.29, 1.82) is 0 Å². The van der Waals surface area contributed by atoms with Gasteiger partial charge in [0.2, 0.25) is 21.8 Å². The summed E-state index contributed by atoms with van der Waals surface area (Å²) in [5, 5.41) is 2.93. The Labute approximate surface area is 220 Å². The van der Waals surface area contributed by atoms with Gasteiger partial charge in [-0.2, -0.15) is 0 Å². The van der Waals surface area contributed by atoms with E-state index in [9.17, 15) is 18.0 Å². The van der Waals surface area contributed by atoms with E-state index in [1.54, 1.807) is 18.2 Å². The molecular weight excluding hydrogens is 486 g/mol. The number of hydrogen-bond donors (Lipinski definition) is 1. The number of carbonyl (C=O) groups is 2. The highest BCUT2D eigenvalue weighted by atomic mass is 32.2. The number of benzene rings is 3. The van der Waals surface area contributed by atoms with Crippen molar-refractivity contribution in [1.82, 2.24) is 10.2 Å². The Morgan fingerprint density at radius 2 is 1.51 bits per heavy atom. The van der Waals surface area contributed by atoms with Crippen molar-refractivity contribution in [3.63, 3.8) is 0 Å². The van der Waals surface area contributed by atoms with Crippen molar-refractivity contribution >= 4 is 27.5 Å². The molecule has 0 spiro atoms. The molecule has 0 fully saturated rings. The molecular formula is C29H35N3O4S. The maximum atomic E-state index is 13.9. The van der Waals surface area contributed by atoms with Crippen LogP contribution in [0.25, 0.3) is 0 Å². The Hall–Kier alpha value is -3.65. The van der Waals surface area contributed by atoms with Crippen LogP contribution in [-0.2, 0) is 32.6 Å². The zero-order valence-electron chi connectivity index (χ0n) is 21.6. The van der Waals surface area contributed by atoms with E-state index in [1.807, 2.05) is 80.6 Å². The Morgan fingerprint density at radius 1 is 0.892 bits per heavy atom. The summed E-state index contributed by atoms with van der Waals surface area (Å²) in [6, 6.07) is 25.1. The van der Waals surface area contributed by atoms with Crippen LogP contribution in [0.2, 0.25) is 0 Å². The third-order valence-corrected chi connectivity index (χ3v) is 7.13. The minimum absolute atomic E-state index is 0.169. The van der Waals surface area contributed by atoms with Gasteiger partial charge in [0.15, 0.2) is 0 Å². The van der Waals surface area contributed by atoms with Crippen molar-refractivity contribution in [2.45, 2.75) is 39.3 Å². The summed E-state index contributed by atoms with van der Waals surface area (Å²) in [6.07, 6.45) is 2.14. The lowest BCUT2D eigenvalue weighted by Crippen LogP contribution is -2.53. The minimum Gasteiger partial charge on any atom is -0.354 e. The Kier molecular flexibility index (Phi) is 9.85. The number of aryl methyl sites for hydroxylation is 1. The average Bonchev–Trinajstić information content (AvgIpc) is 2.88. The fraction of sp³-hybridized carbons (Fsp3) is 0.310. The van der Waals surface area contributed by atoms with Crippen LogP contribution in [0.15, 0.2) is 84.9 Å². The number of nitrogens with zero attached hydrogens (tertiary/aromatic N) is 2. The topological polar surface area (TPSA) is 86.8 Å². The molecule has 3 aromatic carbocycles. The van der Waals surface area contributed by atoms with Crippen LogP contribution < -0.4 is 9.62 Å². The predicted octanol–water partition coefficient (Wildman–Crippen LogP) is 3.93. The molecule has 1 unspecified atom stereocenters. The largest absolute Gasteiger partial charge is 0.354 e. The summed E-state index contributed by atoms with van der Waals surface area (Å²) < 4.78 is 26.6. The Bertz CT molecular complexity index is 1280. The standard InChI is InChI=1S/C29H35N3O4S/c1-4-18-30-29(34)27(20-24-13-7-5-8-14-24)31(21-25-15-9-6-10-16-25)28(33)22-32(37(3,35)36)26-17-11-12-23(2)19-26/h5-17,19,27H,4,18,20-22H2,1-3H3,(H,30,34). The van der Waals surface area contributed by atoms with Gasteiger partial charge in [-0.25, -0.2) is 8.42 Å². The van der Waals surface area contributed by atoms with Crippen LogP contribution in [0.3, 0.4) is 0 Å². The van der Waals surface area contributed by atoms with E-state index < -0.39 is 28.5 Å². The molecule has 7 nitrogen and oxygen atoms in total. The molecule has 0 saturated heterocycles. The molecule has 0 bridgehead atoms. The van der Waals surface area contributed by atoms with Gasteiger partial charge < -0.3 is 10.2 Å². The van der Waals surface area contributed by atoms with E-state index in [0.717, 1.165) is 33.7 Å². The summed E-state index contributed by atoms with van der Waals surface area (Å²) in [6.45, 7) is 4.06. The van der Waals surface area contributed by atoms with Crippen LogP contribution in [-0.4, -0.2) is 50.5 Å². The number of carbonyl (C=O) groups excluding carboxylic acids is 2. The molecule has 1 N–H and O–H groups in total. The maximum absolute atomic E-state index is 13.9. The molecule has 1 atom stereocenters. The second-order valence-electron chi connectivity index (χ2n) is 9.11. The van der Waals surface area contributed by atoms with Gasteiger partial charge in [-0.05, 0) is 42.2 Å². The Balaban J connectivity index is 2.02. The molecule has 0 aromatic heterocycles. The molecule has 37 heavy (non-hydrogen) atoms. The van der Waals surface area contributed by atoms with Gasteiger partial charge in [0.25, 0.3) is 0 Å². The fourth-order valence-electron chi connectivity index (χ4n) is 4.10. The lowest BCUT2D eigenvalue weighted by Gasteiger charge is -2.33. The van der Waals surface area contributed by atoms with E-state index in [-0.39, 0.29) is 12.5 Å². The highest BCUT2D eigenvalue weighted by Gasteiger charge is 2.32. The quantitative estimate of drug-likeness (QED) is 0.391. The van der Waals surface area contributed by atoms with Gasteiger partial charge in [-0.3, -0.25) is 13.9 Å². The van der Waals surface area contributed by atoms with Gasteiger partial charge in [-0.15, -0.1) is 0 Å². The van der Waals surface area contributed by atoms with Gasteiger partial charge >= 0.3 is 0 Å². The van der Waals surface area contributed by atoms with Crippen molar-refractivity contribution in [2.24, 2.45) is 0 Å². The monoisotopic (exact) mass is 521 g/mol. The fourth-order valence-corrected chi connectivity index (χ4v) is 4.94. The van der Waals surface area contributed by atoms with Crippen molar-refractivity contribution in [3.05, 3.63) is 102 Å². The van der Waals surface area contributed by atoms with Gasteiger partial charge in [-0.1, -0.05) is 79.7 Å². The van der Waals surface area contributed by atoms with E-state index in [2.05, 4.69) is 5.32 Å². The third-order valence-electron chi connectivity index (χ3n) is 5.98. The summed E-state index contributed by atoms with van der Waals surface area (Å²) in [4.78, 5) is 28.8. The van der Waals surface area contributed by atoms with E-state index in [4.69, 9.17) is 0 Å². The molecule has 196 valence electrons. The van der Waals surface area contributed by atoms with Gasteiger partial charge in [0, 0.05) is 19.5 Å². The van der Waals surface area contributed by atoms with E-state index in [1.165, 1.54) is 4.90 Å². The van der Waals surface area contributed by atoms with Gasteiger partial charge in [0.1, 0.15) is 12.6 Å². The lowest BCUT2D eigenvalue weighted by molar-refractivity contribution is -0.140. The zero-order chi connectivity index (χ0) is 26.8. The van der Waals surface area contributed by atoms with Crippen LogP contribution in [0, 0.1) is 6.92 Å². The van der Waals surface area contributed by atoms with Crippen molar-refractivity contribution < 1.29 is 18.0 Å².